The lowest BCUT2D eigenvalue weighted by Crippen LogP contribution is -2.25. The number of furan rings is 1. The molecule has 2 aromatic rings. The Bertz CT molecular complexity index is 448. The molecule has 96 valence electrons. The van der Waals surface area contributed by atoms with Crippen molar-refractivity contribution in [3.63, 3.8) is 0 Å². The fraction of sp³-hybridized carbons (Fsp3) is 0.333. The molecule has 1 unspecified atom stereocenters. The van der Waals surface area contributed by atoms with E-state index in [1.54, 1.807) is 18.4 Å². The average Bonchev–Trinajstić information content (AvgIpc) is 2.89. The minimum Gasteiger partial charge on any atom is -0.508 e. The summed E-state index contributed by atoms with van der Waals surface area (Å²) in [6, 6.07) is 11.7. The number of aromatic hydroxyl groups is 1. The zero-order valence-electron chi connectivity index (χ0n) is 10.6. The molecule has 0 aliphatic heterocycles. The van der Waals surface area contributed by atoms with E-state index in [-0.39, 0.29) is 0 Å². The van der Waals surface area contributed by atoms with Crippen LogP contribution in [0.5, 0.6) is 5.75 Å². The fourth-order valence-corrected chi connectivity index (χ4v) is 1.82. The van der Waals surface area contributed by atoms with Crippen LogP contribution in [0.15, 0.2) is 47.1 Å². The molecule has 1 atom stereocenters. The van der Waals surface area contributed by atoms with Crippen molar-refractivity contribution in [2.75, 3.05) is 0 Å². The van der Waals surface area contributed by atoms with Gasteiger partial charge in [0.1, 0.15) is 11.5 Å². The first-order chi connectivity index (χ1) is 8.74. The molecule has 0 bridgehead atoms. The topological polar surface area (TPSA) is 45.4 Å². The van der Waals surface area contributed by atoms with Gasteiger partial charge in [0.2, 0.25) is 0 Å². The van der Waals surface area contributed by atoms with E-state index in [1.165, 1.54) is 5.56 Å². The summed E-state index contributed by atoms with van der Waals surface area (Å²) in [5.74, 6) is 1.35. The molecule has 3 nitrogen and oxygen atoms in total. The molecule has 2 N–H and O–H groups in total. The lowest BCUT2D eigenvalue weighted by molar-refractivity contribution is 0.459. The van der Waals surface area contributed by atoms with Crippen LogP contribution in [0.4, 0.5) is 0 Å². The Balaban J connectivity index is 1.71. The van der Waals surface area contributed by atoms with Gasteiger partial charge < -0.3 is 14.8 Å². The second kappa shape index (κ2) is 6.26. The molecular formula is C15H19NO2. The van der Waals surface area contributed by atoms with Gasteiger partial charge in [0.15, 0.2) is 0 Å². The van der Waals surface area contributed by atoms with Crippen molar-refractivity contribution < 1.29 is 9.52 Å². The Kier molecular flexibility index (Phi) is 4.42. The monoisotopic (exact) mass is 245 g/mol. The first kappa shape index (κ1) is 12.7. The molecule has 18 heavy (non-hydrogen) atoms. The van der Waals surface area contributed by atoms with Gasteiger partial charge in [-0.3, -0.25) is 0 Å². The quantitative estimate of drug-likeness (QED) is 0.822. The van der Waals surface area contributed by atoms with Gasteiger partial charge in [0.25, 0.3) is 0 Å². The van der Waals surface area contributed by atoms with Crippen molar-refractivity contribution in [1.29, 1.82) is 0 Å². The van der Waals surface area contributed by atoms with Gasteiger partial charge in [-0.1, -0.05) is 12.1 Å². The zero-order chi connectivity index (χ0) is 12.8. The predicted molar refractivity (Wildman–Crippen MR) is 71.4 cm³/mol. The van der Waals surface area contributed by atoms with Crippen LogP contribution in [-0.4, -0.2) is 11.1 Å². The summed E-state index contributed by atoms with van der Waals surface area (Å²) in [6.45, 7) is 2.99. The van der Waals surface area contributed by atoms with Crippen LogP contribution >= 0.6 is 0 Å². The summed E-state index contributed by atoms with van der Waals surface area (Å²) in [4.78, 5) is 0. The van der Waals surface area contributed by atoms with Crippen LogP contribution in [0, 0.1) is 0 Å². The number of hydrogen-bond acceptors (Lipinski definition) is 3. The normalized spacial score (nSPS) is 12.5. The number of phenols is 1. The van der Waals surface area contributed by atoms with Crippen molar-refractivity contribution >= 4 is 0 Å². The van der Waals surface area contributed by atoms with E-state index >= 15 is 0 Å². The van der Waals surface area contributed by atoms with Gasteiger partial charge in [-0.15, -0.1) is 0 Å². The van der Waals surface area contributed by atoms with Gasteiger partial charge in [0, 0.05) is 19.0 Å². The highest BCUT2D eigenvalue weighted by Gasteiger charge is 2.03. The molecular weight excluding hydrogens is 226 g/mol. The molecule has 2 rings (SSSR count). The minimum absolute atomic E-state index is 0.310. The van der Waals surface area contributed by atoms with Gasteiger partial charge in [0.05, 0.1) is 6.26 Å². The number of benzene rings is 1. The summed E-state index contributed by atoms with van der Waals surface area (Å²) in [5.41, 5.74) is 1.18. The smallest absolute Gasteiger partial charge is 0.115 e. The largest absolute Gasteiger partial charge is 0.508 e. The summed E-state index contributed by atoms with van der Waals surface area (Å²) >= 11 is 0. The van der Waals surface area contributed by atoms with Crippen LogP contribution < -0.4 is 5.32 Å². The Morgan fingerprint density at radius 2 is 2.00 bits per heavy atom. The van der Waals surface area contributed by atoms with Gasteiger partial charge in [-0.05, 0) is 43.2 Å². The molecule has 0 radical (unpaired) electrons. The third-order valence-corrected chi connectivity index (χ3v) is 2.99. The van der Waals surface area contributed by atoms with Crippen LogP contribution in [-0.2, 0) is 13.0 Å². The zero-order valence-corrected chi connectivity index (χ0v) is 10.6. The standard InChI is InChI=1S/C15H19NO2/c1-12(4-9-15-3-2-10-18-15)16-11-13-5-7-14(17)8-6-13/h2-3,5-8,10,12,16-17H,4,9,11H2,1H3. The van der Waals surface area contributed by atoms with Crippen LogP contribution in [0.25, 0.3) is 0 Å². The summed E-state index contributed by atoms with van der Waals surface area (Å²) in [6.07, 6.45) is 3.71. The van der Waals surface area contributed by atoms with Gasteiger partial charge >= 0.3 is 0 Å². The molecule has 3 heteroatoms. The Morgan fingerprint density at radius 1 is 1.22 bits per heavy atom. The highest BCUT2D eigenvalue weighted by atomic mass is 16.3. The molecule has 0 aliphatic rings. The van der Waals surface area contributed by atoms with E-state index in [0.717, 1.165) is 25.1 Å². The van der Waals surface area contributed by atoms with E-state index in [0.29, 0.717) is 11.8 Å². The van der Waals surface area contributed by atoms with E-state index < -0.39 is 0 Å². The SMILES string of the molecule is CC(CCc1ccco1)NCc1ccc(O)cc1. The Hall–Kier alpha value is -1.74. The number of rotatable bonds is 6. The number of hydrogen-bond donors (Lipinski definition) is 2. The number of aryl methyl sites for hydroxylation is 1. The number of phenolic OH excluding ortho intramolecular Hbond substituents is 1. The van der Waals surface area contributed by atoms with Crippen LogP contribution in [0.2, 0.25) is 0 Å². The molecule has 0 saturated carbocycles. The van der Waals surface area contributed by atoms with Crippen molar-refractivity contribution in [2.45, 2.75) is 32.4 Å². The lowest BCUT2D eigenvalue weighted by atomic mass is 10.1. The lowest BCUT2D eigenvalue weighted by Gasteiger charge is -2.13. The minimum atomic E-state index is 0.310. The second-order valence-electron chi connectivity index (χ2n) is 4.57. The highest BCUT2D eigenvalue weighted by molar-refractivity contribution is 5.25. The number of nitrogens with one attached hydrogen (secondary N) is 1. The van der Waals surface area contributed by atoms with Crippen LogP contribution in [0.3, 0.4) is 0 Å². The van der Waals surface area contributed by atoms with E-state index in [9.17, 15) is 5.11 Å². The molecule has 1 aromatic heterocycles. The van der Waals surface area contributed by atoms with E-state index in [2.05, 4.69) is 12.2 Å². The maximum absolute atomic E-state index is 9.19. The Morgan fingerprint density at radius 3 is 2.67 bits per heavy atom. The first-order valence-corrected chi connectivity index (χ1v) is 6.28. The highest BCUT2D eigenvalue weighted by Crippen LogP contribution is 2.10. The average molecular weight is 245 g/mol. The molecule has 0 amide bonds. The maximum atomic E-state index is 9.19. The van der Waals surface area contributed by atoms with Crippen LogP contribution in [0.1, 0.15) is 24.7 Å². The third kappa shape index (κ3) is 3.93. The third-order valence-electron chi connectivity index (χ3n) is 2.99. The first-order valence-electron chi connectivity index (χ1n) is 6.28. The maximum Gasteiger partial charge on any atom is 0.115 e. The molecule has 1 aromatic carbocycles. The second-order valence-corrected chi connectivity index (χ2v) is 4.57. The Labute approximate surface area is 107 Å². The molecule has 0 saturated heterocycles. The van der Waals surface area contributed by atoms with Gasteiger partial charge in [-0.2, -0.15) is 0 Å². The van der Waals surface area contributed by atoms with Crippen molar-refractivity contribution in [3.05, 3.63) is 54.0 Å². The van der Waals surface area contributed by atoms with Crippen molar-refractivity contribution in [1.82, 2.24) is 5.32 Å². The van der Waals surface area contributed by atoms with Crippen molar-refractivity contribution in [2.24, 2.45) is 0 Å². The fourth-order valence-electron chi connectivity index (χ4n) is 1.82. The predicted octanol–water partition coefficient (Wildman–Crippen LogP) is 3.10. The van der Waals surface area contributed by atoms with E-state index in [4.69, 9.17) is 4.42 Å². The molecule has 0 fully saturated rings. The molecule has 1 heterocycles. The van der Waals surface area contributed by atoms with Crippen molar-refractivity contribution in [3.8, 4) is 5.75 Å². The summed E-state index contributed by atoms with van der Waals surface area (Å²) < 4.78 is 5.30. The van der Waals surface area contributed by atoms with E-state index in [1.807, 2.05) is 24.3 Å². The van der Waals surface area contributed by atoms with Gasteiger partial charge in [-0.25, -0.2) is 0 Å². The molecule has 0 aliphatic carbocycles. The summed E-state index contributed by atoms with van der Waals surface area (Å²) in [5, 5.41) is 12.7. The molecule has 0 spiro atoms. The summed E-state index contributed by atoms with van der Waals surface area (Å²) in [7, 11) is 0.